The molecular weight excluding hydrogens is 498 g/mol. The second kappa shape index (κ2) is 10.6. The summed E-state index contributed by atoms with van der Waals surface area (Å²) in [6.07, 6.45) is 7.66. The summed E-state index contributed by atoms with van der Waals surface area (Å²) in [6.45, 7) is 6.99. The number of fused-ring (bicyclic) bond motifs is 1. The van der Waals surface area contributed by atoms with Gasteiger partial charge in [-0.05, 0) is 55.5 Å². The first-order valence-electron chi connectivity index (χ1n) is 13.0. The van der Waals surface area contributed by atoms with Gasteiger partial charge in [-0.3, -0.25) is 14.6 Å². The number of ketones is 1. The van der Waals surface area contributed by atoms with Crippen LogP contribution in [0.2, 0.25) is 0 Å². The highest BCUT2D eigenvalue weighted by Gasteiger charge is 2.43. The van der Waals surface area contributed by atoms with Gasteiger partial charge in [-0.25, -0.2) is 15.0 Å². The van der Waals surface area contributed by atoms with Gasteiger partial charge in [0.05, 0.1) is 27.7 Å². The van der Waals surface area contributed by atoms with Gasteiger partial charge in [0.25, 0.3) is 0 Å². The predicted molar refractivity (Wildman–Crippen MR) is 149 cm³/mol. The van der Waals surface area contributed by atoms with Crippen LogP contribution in [0.5, 0.6) is 0 Å². The van der Waals surface area contributed by atoms with Crippen molar-refractivity contribution in [1.82, 2.24) is 19.9 Å². The Morgan fingerprint density at radius 2 is 1.95 bits per heavy atom. The Bertz CT molecular complexity index is 1470. The Kier molecular flexibility index (Phi) is 7.21. The number of benzene rings is 1. The van der Waals surface area contributed by atoms with E-state index < -0.39 is 11.4 Å². The molecule has 1 aromatic carbocycles. The zero-order valence-electron chi connectivity index (χ0n) is 21.8. The minimum Gasteiger partial charge on any atom is -0.481 e. The van der Waals surface area contributed by atoms with Crippen LogP contribution in [0.15, 0.2) is 48.9 Å². The molecule has 0 bridgehead atoms. The van der Waals surface area contributed by atoms with Gasteiger partial charge in [0.2, 0.25) is 5.95 Å². The molecule has 2 atom stereocenters. The predicted octanol–water partition coefficient (Wildman–Crippen LogP) is 5.66. The fourth-order valence-corrected chi connectivity index (χ4v) is 6.03. The van der Waals surface area contributed by atoms with E-state index >= 15 is 0 Å². The number of carbonyl (C=O) groups excluding carboxylic acids is 1. The number of carboxylic acids is 1. The molecule has 3 aromatic heterocycles. The second-order valence-corrected chi connectivity index (χ2v) is 11.3. The molecule has 1 saturated heterocycles. The van der Waals surface area contributed by atoms with E-state index in [0.717, 1.165) is 44.0 Å². The van der Waals surface area contributed by atoms with E-state index in [4.69, 9.17) is 4.98 Å². The first-order chi connectivity index (χ1) is 18.3. The highest BCUT2D eigenvalue weighted by Crippen LogP contribution is 2.38. The smallest absolute Gasteiger partial charge is 0.309 e. The van der Waals surface area contributed by atoms with E-state index in [0.29, 0.717) is 38.3 Å². The van der Waals surface area contributed by atoms with Crippen molar-refractivity contribution < 1.29 is 14.7 Å². The third-order valence-electron chi connectivity index (χ3n) is 7.58. The monoisotopic (exact) mass is 529 g/mol. The summed E-state index contributed by atoms with van der Waals surface area (Å²) in [5, 5.41) is 10.5. The molecule has 1 fully saturated rings. The summed E-state index contributed by atoms with van der Waals surface area (Å²) < 4.78 is 1.01. The van der Waals surface area contributed by atoms with Crippen molar-refractivity contribution in [3.8, 4) is 22.4 Å². The summed E-state index contributed by atoms with van der Waals surface area (Å²) in [7, 11) is 0. The molecule has 0 radical (unpaired) electrons. The van der Waals surface area contributed by atoms with Gasteiger partial charge in [0.1, 0.15) is 10.8 Å². The standard InChI is InChI=1S/C29H31N5O3S/c1-4-7-21(35)14-25-33-24-13-19(12-22(26(24)38-25)23-8-5-6-10-30-23)20-15-31-28(32-16-20)34-11-9-29(3,27(36)37)18(2)17-34/h5-6,8,10,12-13,15-16,18H,4,7,9,11,14,17H2,1-3H3,(H,36,37). The van der Waals surface area contributed by atoms with Crippen molar-refractivity contribution in [2.45, 2.75) is 46.5 Å². The van der Waals surface area contributed by atoms with Crippen LogP contribution < -0.4 is 4.90 Å². The molecule has 1 aliphatic rings. The van der Waals surface area contributed by atoms with Crippen molar-refractivity contribution >= 4 is 39.3 Å². The van der Waals surface area contributed by atoms with Gasteiger partial charge < -0.3 is 10.0 Å². The maximum atomic E-state index is 12.3. The number of anilines is 1. The van der Waals surface area contributed by atoms with Crippen molar-refractivity contribution in [2.75, 3.05) is 18.0 Å². The van der Waals surface area contributed by atoms with Crippen molar-refractivity contribution in [3.05, 3.63) is 53.9 Å². The molecule has 5 rings (SSSR count). The summed E-state index contributed by atoms with van der Waals surface area (Å²) >= 11 is 1.55. The lowest BCUT2D eigenvalue weighted by Crippen LogP contribution is -2.49. The molecule has 2 unspecified atom stereocenters. The molecular formula is C29H31N5O3S. The fourth-order valence-electron chi connectivity index (χ4n) is 4.94. The van der Waals surface area contributed by atoms with E-state index in [1.54, 1.807) is 29.9 Å². The van der Waals surface area contributed by atoms with Crippen molar-refractivity contribution in [3.63, 3.8) is 0 Å². The maximum absolute atomic E-state index is 12.3. The third-order valence-corrected chi connectivity index (χ3v) is 8.68. The molecule has 9 heteroatoms. The molecule has 4 aromatic rings. The number of carbonyl (C=O) groups is 2. The Morgan fingerprint density at radius 1 is 1.16 bits per heavy atom. The average Bonchev–Trinajstić information content (AvgIpc) is 3.32. The quantitative estimate of drug-likeness (QED) is 0.311. The minimum atomic E-state index is -0.750. The number of nitrogens with zero attached hydrogens (tertiary/aromatic N) is 5. The normalized spacial score (nSPS) is 19.6. The van der Waals surface area contributed by atoms with Crippen LogP contribution in [0, 0.1) is 11.3 Å². The van der Waals surface area contributed by atoms with E-state index in [9.17, 15) is 14.7 Å². The van der Waals surface area contributed by atoms with E-state index in [-0.39, 0.29) is 11.7 Å². The highest BCUT2D eigenvalue weighted by molar-refractivity contribution is 7.19. The second-order valence-electron chi connectivity index (χ2n) is 10.3. The van der Waals surface area contributed by atoms with Gasteiger partial charge in [0, 0.05) is 49.2 Å². The number of pyridine rings is 1. The molecule has 0 aliphatic carbocycles. The van der Waals surface area contributed by atoms with Gasteiger partial charge in [-0.2, -0.15) is 0 Å². The lowest BCUT2D eigenvalue weighted by Gasteiger charge is -2.41. The molecule has 0 amide bonds. The third kappa shape index (κ3) is 5.03. The number of carboxylic acid groups (broad SMARTS) is 1. The fraction of sp³-hybridized carbons (Fsp3) is 0.379. The summed E-state index contributed by atoms with van der Waals surface area (Å²) in [5.74, 6) is 0.0266. The van der Waals surface area contributed by atoms with E-state index in [2.05, 4.69) is 25.9 Å². The molecule has 1 N–H and O–H groups in total. The summed E-state index contributed by atoms with van der Waals surface area (Å²) in [6, 6.07) is 9.92. The zero-order chi connectivity index (χ0) is 26.9. The van der Waals surface area contributed by atoms with Crippen LogP contribution in [0.4, 0.5) is 5.95 Å². The number of hydrogen-bond donors (Lipinski definition) is 1. The van der Waals surface area contributed by atoms with E-state index in [1.807, 2.05) is 45.0 Å². The van der Waals surface area contributed by atoms with E-state index in [1.165, 1.54) is 0 Å². The zero-order valence-corrected chi connectivity index (χ0v) is 22.7. The van der Waals surface area contributed by atoms with Crippen LogP contribution in [-0.2, 0) is 16.0 Å². The first kappa shape index (κ1) is 25.9. The largest absolute Gasteiger partial charge is 0.481 e. The lowest BCUT2D eigenvalue weighted by atomic mass is 9.73. The molecule has 0 spiro atoms. The van der Waals surface area contributed by atoms with Crippen LogP contribution >= 0.6 is 11.3 Å². The van der Waals surface area contributed by atoms with Gasteiger partial charge in [-0.15, -0.1) is 11.3 Å². The minimum absolute atomic E-state index is 0.0246. The number of Topliss-reactive ketones (excluding diaryl/α,β-unsaturated/α-hetero) is 1. The Balaban J connectivity index is 1.47. The lowest BCUT2D eigenvalue weighted by molar-refractivity contribution is -0.152. The number of aromatic nitrogens is 4. The van der Waals surface area contributed by atoms with Crippen LogP contribution in [0.25, 0.3) is 32.6 Å². The molecule has 4 heterocycles. The van der Waals surface area contributed by atoms with Crippen LogP contribution in [-0.4, -0.2) is 49.9 Å². The van der Waals surface area contributed by atoms with Crippen LogP contribution in [0.1, 0.15) is 45.0 Å². The number of piperidine rings is 1. The Hall–Kier alpha value is -3.72. The average molecular weight is 530 g/mol. The number of hydrogen-bond acceptors (Lipinski definition) is 8. The first-order valence-corrected chi connectivity index (χ1v) is 13.8. The van der Waals surface area contributed by atoms with Crippen molar-refractivity contribution in [1.29, 1.82) is 0 Å². The van der Waals surface area contributed by atoms with Gasteiger partial charge in [0.15, 0.2) is 0 Å². The number of aliphatic carboxylic acids is 1. The molecule has 38 heavy (non-hydrogen) atoms. The molecule has 0 saturated carbocycles. The van der Waals surface area contributed by atoms with Crippen LogP contribution in [0.3, 0.4) is 0 Å². The van der Waals surface area contributed by atoms with Gasteiger partial charge in [-0.1, -0.05) is 19.9 Å². The summed E-state index contributed by atoms with van der Waals surface area (Å²) in [4.78, 5) is 44.8. The Labute approximate surface area is 225 Å². The molecule has 196 valence electrons. The number of thiazole rings is 1. The SMILES string of the molecule is CCCC(=O)Cc1nc2cc(-c3cnc(N4CCC(C)(C(=O)O)C(C)C4)nc3)cc(-c3ccccn3)c2s1. The molecule has 1 aliphatic heterocycles. The topological polar surface area (TPSA) is 109 Å². The van der Waals surface area contributed by atoms with Crippen molar-refractivity contribution in [2.24, 2.45) is 11.3 Å². The summed E-state index contributed by atoms with van der Waals surface area (Å²) in [5.41, 5.74) is 3.68. The molecule has 8 nitrogen and oxygen atoms in total. The highest BCUT2D eigenvalue weighted by atomic mass is 32.1. The number of rotatable bonds is 8. The van der Waals surface area contributed by atoms with Gasteiger partial charge >= 0.3 is 5.97 Å². The Morgan fingerprint density at radius 3 is 2.61 bits per heavy atom. The maximum Gasteiger partial charge on any atom is 0.309 e.